The van der Waals surface area contributed by atoms with E-state index in [2.05, 4.69) is 40.8 Å². The molecule has 0 heterocycles. The first kappa shape index (κ1) is 13.9. The van der Waals surface area contributed by atoms with Gasteiger partial charge in [0.2, 0.25) is 0 Å². The van der Waals surface area contributed by atoms with Crippen LogP contribution < -0.4 is 5.32 Å². The Morgan fingerprint density at radius 1 is 1.50 bits per heavy atom. The number of carbonyl (C=O) groups is 1. The minimum absolute atomic E-state index is 0.0164. The fourth-order valence-corrected chi connectivity index (χ4v) is 3.16. The number of halogens is 1. The van der Waals surface area contributed by atoms with Gasteiger partial charge in [-0.1, -0.05) is 13.3 Å². The Morgan fingerprint density at radius 3 is 2.94 bits per heavy atom. The maximum absolute atomic E-state index is 12.1. The van der Waals surface area contributed by atoms with E-state index >= 15 is 0 Å². The smallest absolute Gasteiger partial charge is 0.252 e. The number of benzene rings is 1. The minimum Gasteiger partial charge on any atom is -0.352 e. The highest BCUT2D eigenvalue weighted by Gasteiger charge is 2.22. The van der Waals surface area contributed by atoms with Crippen molar-refractivity contribution in [3.63, 3.8) is 0 Å². The number of amides is 1. The maximum Gasteiger partial charge on any atom is 0.252 e. The number of nitrogens with one attached hydrogen (secondary N) is 1. The summed E-state index contributed by atoms with van der Waals surface area (Å²) in [6.07, 6.45) is 3.75. The lowest BCUT2D eigenvalue weighted by molar-refractivity contribution is 0.0946. The van der Waals surface area contributed by atoms with Crippen molar-refractivity contribution in [3.8, 4) is 0 Å². The molecule has 1 aliphatic rings. The molecule has 4 heteroatoms. The molecule has 2 rings (SSSR count). The molecular weight excluding hydrogens is 310 g/mol. The third-order valence-electron chi connectivity index (χ3n) is 3.55. The van der Waals surface area contributed by atoms with Gasteiger partial charge in [0.15, 0.2) is 0 Å². The van der Waals surface area contributed by atoms with Crippen molar-refractivity contribution in [3.05, 3.63) is 28.2 Å². The van der Waals surface area contributed by atoms with Crippen LogP contribution in [0.4, 0.5) is 0 Å². The molecule has 98 valence electrons. The second-order valence-electron chi connectivity index (χ2n) is 5.16. The van der Waals surface area contributed by atoms with Gasteiger partial charge in [0.05, 0.1) is 5.56 Å². The highest BCUT2D eigenvalue weighted by Crippen LogP contribution is 2.29. The molecule has 1 fully saturated rings. The van der Waals surface area contributed by atoms with Crippen LogP contribution in [0, 0.1) is 11.8 Å². The quantitative estimate of drug-likeness (QED) is 0.810. The van der Waals surface area contributed by atoms with Crippen molar-refractivity contribution < 1.29 is 4.79 Å². The summed E-state index contributed by atoms with van der Waals surface area (Å²) >= 11 is 7.66. The molecule has 2 unspecified atom stereocenters. The zero-order valence-corrected chi connectivity index (χ0v) is 12.9. The lowest BCUT2D eigenvalue weighted by atomic mass is 10.1. The molecular formula is C14H18BrNOS. The van der Waals surface area contributed by atoms with E-state index in [-0.39, 0.29) is 5.91 Å². The lowest BCUT2D eigenvalue weighted by Crippen LogP contribution is -2.28. The molecule has 1 aromatic rings. The van der Waals surface area contributed by atoms with Gasteiger partial charge in [0.25, 0.3) is 5.91 Å². The second-order valence-corrected chi connectivity index (χ2v) is 6.53. The van der Waals surface area contributed by atoms with Gasteiger partial charge in [-0.3, -0.25) is 4.79 Å². The normalized spacial score (nSPS) is 23.1. The van der Waals surface area contributed by atoms with Gasteiger partial charge in [-0.15, -0.1) is 12.6 Å². The highest BCUT2D eigenvalue weighted by atomic mass is 79.9. The number of thiol groups is 1. The van der Waals surface area contributed by atoms with E-state index < -0.39 is 0 Å². The van der Waals surface area contributed by atoms with Gasteiger partial charge in [0, 0.05) is 15.9 Å². The Morgan fingerprint density at radius 2 is 2.28 bits per heavy atom. The molecule has 1 amide bonds. The van der Waals surface area contributed by atoms with E-state index in [1.165, 1.54) is 19.3 Å². The Balaban J connectivity index is 1.93. The summed E-state index contributed by atoms with van der Waals surface area (Å²) in [4.78, 5) is 12.9. The molecule has 0 bridgehead atoms. The van der Waals surface area contributed by atoms with Crippen molar-refractivity contribution in [2.75, 3.05) is 6.54 Å². The number of hydrogen-bond acceptors (Lipinski definition) is 2. The van der Waals surface area contributed by atoms with Crippen LogP contribution in [0.3, 0.4) is 0 Å². The van der Waals surface area contributed by atoms with Gasteiger partial charge in [-0.05, 0) is 58.8 Å². The third-order valence-corrected chi connectivity index (χ3v) is 4.52. The molecule has 1 N–H and O–H groups in total. The molecule has 0 aromatic heterocycles. The van der Waals surface area contributed by atoms with E-state index in [9.17, 15) is 4.79 Å². The zero-order chi connectivity index (χ0) is 13.1. The molecule has 2 atom stereocenters. The van der Waals surface area contributed by atoms with Crippen molar-refractivity contribution in [1.82, 2.24) is 5.32 Å². The van der Waals surface area contributed by atoms with E-state index in [4.69, 9.17) is 0 Å². The van der Waals surface area contributed by atoms with Crippen LogP contribution in [-0.4, -0.2) is 12.5 Å². The predicted octanol–water partition coefficient (Wildman–Crippen LogP) is 3.90. The molecule has 1 aromatic carbocycles. The first-order valence-corrected chi connectivity index (χ1v) is 7.57. The van der Waals surface area contributed by atoms with Gasteiger partial charge in [-0.2, -0.15) is 0 Å². The standard InChI is InChI=1S/C14H18BrNOS/c1-9-2-3-10(6-9)8-16-14(17)12-7-11(18)4-5-13(12)15/h4-5,7,9-10,18H,2-3,6,8H2,1H3,(H,16,17). The fourth-order valence-electron chi connectivity index (χ4n) is 2.53. The summed E-state index contributed by atoms with van der Waals surface area (Å²) in [6.45, 7) is 3.06. The molecule has 2 nitrogen and oxygen atoms in total. The van der Waals surface area contributed by atoms with E-state index in [0.717, 1.165) is 21.8 Å². The van der Waals surface area contributed by atoms with Crippen molar-refractivity contribution in [2.45, 2.75) is 31.1 Å². The molecule has 18 heavy (non-hydrogen) atoms. The van der Waals surface area contributed by atoms with Gasteiger partial charge in [0.1, 0.15) is 0 Å². The topological polar surface area (TPSA) is 29.1 Å². The summed E-state index contributed by atoms with van der Waals surface area (Å²) in [6, 6.07) is 5.51. The molecule has 0 radical (unpaired) electrons. The SMILES string of the molecule is CC1CCC(CNC(=O)c2cc(S)ccc2Br)C1. The van der Waals surface area contributed by atoms with Crippen LogP contribution in [0.25, 0.3) is 0 Å². The third kappa shape index (κ3) is 3.51. The Bertz CT molecular complexity index is 449. The minimum atomic E-state index is -0.0164. The first-order valence-electron chi connectivity index (χ1n) is 6.33. The molecule has 1 saturated carbocycles. The Kier molecular flexibility index (Phi) is 4.73. The molecule has 0 aliphatic heterocycles. The number of rotatable bonds is 3. The van der Waals surface area contributed by atoms with Crippen LogP contribution >= 0.6 is 28.6 Å². The van der Waals surface area contributed by atoms with Crippen molar-refractivity contribution in [2.24, 2.45) is 11.8 Å². The van der Waals surface area contributed by atoms with Crippen LogP contribution in [-0.2, 0) is 0 Å². The Hall–Kier alpha value is -0.480. The van der Waals surface area contributed by atoms with Crippen molar-refractivity contribution in [1.29, 1.82) is 0 Å². The van der Waals surface area contributed by atoms with Gasteiger partial charge >= 0.3 is 0 Å². The van der Waals surface area contributed by atoms with Crippen molar-refractivity contribution >= 4 is 34.5 Å². The number of hydrogen-bond donors (Lipinski definition) is 2. The van der Waals surface area contributed by atoms with Gasteiger partial charge < -0.3 is 5.32 Å². The predicted molar refractivity (Wildman–Crippen MR) is 80.2 cm³/mol. The summed E-state index contributed by atoms with van der Waals surface area (Å²) in [5.74, 6) is 1.43. The largest absolute Gasteiger partial charge is 0.352 e. The van der Waals surface area contributed by atoms with Crippen LogP contribution in [0.15, 0.2) is 27.6 Å². The molecule has 1 aliphatic carbocycles. The maximum atomic E-state index is 12.1. The monoisotopic (exact) mass is 327 g/mol. The number of carbonyl (C=O) groups excluding carboxylic acids is 1. The summed E-state index contributed by atoms with van der Waals surface area (Å²) in [7, 11) is 0. The van der Waals surface area contributed by atoms with Crippen LogP contribution in [0.5, 0.6) is 0 Å². The fraction of sp³-hybridized carbons (Fsp3) is 0.500. The first-order chi connectivity index (χ1) is 8.56. The highest BCUT2D eigenvalue weighted by molar-refractivity contribution is 9.10. The second kappa shape index (κ2) is 6.11. The van der Waals surface area contributed by atoms with Crippen LogP contribution in [0.2, 0.25) is 0 Å². The van der Waals surface area contributed by atoms with E-state index in [1.807, 2.05) is 12.1 Å². The molecule has 0 saturated heterocycles. The van der Waals surface area contributed by atoms with Gasteiger partial charge in [-0.25, -0.2) is 0 Å². The zero-order valence-electron chi connectivity index (χ0n) is 10.4. The average Bonchev–Trinajstić information content (AvgIpc) is 2.75. The van der Waals surface area contributed by atoms with Crippen LogP contribution in [0.1, 0.15) is 36.5 Å². The summed E-state index contributed by atoms with van der Waals surface area (Å²) in [5, 5.41) is 3.03. The average molecular weight is 328 g/mol. The molecule has 0 spiro atoms. The summed E-state index contributed by atoms with van der Waals surface area (Å²) in [5.41, 5.74) is 0.661. The Labute approximate surface area is 122 Å². The van der Waals surface area contributed by atoms with E-state index in [0.29, 0.717) is 11.5 Å². The summed E-state index contributed by atoms with van der Waals surface area (Å²) < 4.78 is 0.817. The lowest BCUT2D eigenvalue weighted by Gasteiger charge is -2.12. The van der Waals surface area contributed by atoms with E-state index in [1.54, 1.807) is 6.07 Å².